The Hall–Kier alpha value is -1.11. The molecule has 2 aromatic heterocycles. The van der Waals surface area contributed by atoms with Crippen molar-refractivity contribution in [2.75, 3.05) is 19.6 Å². The number of thiophene rings is 1. The number of halogens is 1. The van der Waals surface area contributed by atoms with Gasteiger partial charge in [0.05, 0.1) is 10.6 Å². The van der Waals surface area contributed by atoms with Crippen molar-refractivity contribution in [3.8, 4) is 0 Å². The van der Waals surface area contributed by atoms with Gasteiger partial charge in [-0.25, -0.2) is 0 Å². The zero-order chi connectivity index (χ0) is 14.3. The Kier molecular flexibility index (Phi) is 4.91. The molecule has 1 fully saturated rings. The SMILES string of the molecule is Cc1nn(C)c2sc(C(=O)N3CCC(CN)CC3)cc12.Cl. The van der Waals surface area contributed by atoms with E-state index in [1.807, 2.05) is 29.6 Å². The Morgan fingerprint density at radius 2 is 2.14 bits per heavy atom. The summed E-state index contributed by atoms with van der Waals surface area (Å²) >= 11 is 1.54. The standard InChI is InChI=1S/C14H20N4OS.ClH/c1-9-11-7-12(20-14(11)17(2)16-9)13(19)18-5-3-10(8-15)4-6-18;/h7,10H,3-6,8,15H2,1-2H3;1H. The van der Waals surface area contributed by atoms with Crippen LogP contribution in [0.3, 0.4) is 0 Å². The third-order valence-electron chi connectivity index (χ3n) is 4.14. The highest BCUT2D eigenvalue weighted by molar-refractivity contribution is 7.20. The molecule has 0 bridgehead atoms. The highest BCUT2D eigenvalue weighted by Crippen LogP contribution is 2.29. The van der Waals surface area contributed by atoms with E-state index in [2.05, 4.69) is 5.10 Å². The van der Waals surface area contributed by atoms with Crippen molar-refractivity contribution < 1.29 is 4.79 Å². The molecule has 0 radical (unpaired) electrons. The van der Waals surface area contributed by atoms with E-state index in [0.29, 0.717) is 5.92 Å². The number of hydrogen-bond acceptors (Lipinski definition) is 4. The summed E-state index contributed by atoms with van der Waals surface area (Å²) in [5, 5.41) is 5.47. The summed E-state index contributed by atoms with van der Waals surface area (Å²) in [6, 6.07) is 1.99. The van der Waals surface area contributed by atoms with Crippen LogP contribution in [-0.4, -0.2) is 40.2 Å². The number of nitrogens with two attached hydrogens (primary N) is 1. The summed E-state index contributed by atoms with van der Waals surface area (Å²) < 4.78 is 1.85. The van der Waals surface area contributed by atoms with Crippen LogP contribution >= 0.6 is 23.7 Å². The molecule has 116 valence electrons. The molecule has 1 saturated heterocycles. The minimum Gasteiger partial charge on any atom is -0.338 e. The molecular formula is C14H21ClN4OS. The van der Waals surface area contributed by atoms with Crippen molar-refractivity contribution in [2.45, 2.75) is 19.8 Å². The number of hydrogen-bond donors (Lipinski definition) is 1. The average molecular weight is 329 g/mol. The first-order valence-electron chi connectivity index (χ1n) is 7.02. The fraction of sp³-hybridized carbons (Fsp3) is 0.571. The molecular weight excluding hydrogens is 308 g/mol. The minimum absolute atomic E-state index is 0. The summed E-state index contributed by atoms with van der Waals surface area (Å²) in [5.74, 6) is 0.731. The number of nitrogens with zero attached hydrogens (tertiary/aromatic N) is 3. The lowest BCUT2D eigenvalue weighted by Gasteiger charge is -2.31. The summed E-state index contributed by atoms with van der Waals surface area (Å²) in [6.45, 7) is 4.37. The van der Waals surface area contributed by atoms with Crippen molar-refractivity contribution in [1.29, 1.82) is 0 Å². The first kappa shape index (κ1) is 16.3. The largest absolute Gasteiger partial charge is 0.338 e. The van der Waals surface area contributed by atoms with Gasteiger partial charge >= 0.3 is 0 Å². The molecule has 0 spiro atoms. The quantitative estimate of drug-likeness (QED) is 0.919. The second kappa shape index (κ2) is 6.34. The number of carbonyl (C=O) groups is 1. The molecule has 1 amide bonds. The lowest BCUT2D eigenvalue weighted by Crippen LogP contribution is -2.39. The third kappa shape index (κ3) is 2.93. The maximum Gasteiger partial charge on any atom is 0.264 e. The van der Waals surface area contributed by atoms with E-state index in [9.17, 15) is 4.79 Å². The molecule has 0 aromatic carbocycles. The first-order chi connectivity index (χ1) is 9.60. The van der Waals surface area contributed by atoms with Crippen LogP contribution in [0.2, 0.25) is 0 Å². The fourth-order valence-electron chi connectivity index (χ4n) is 2.84. The second-order valence-corrected chi connectivity index (χ2v) is 6.54. The summed E-state index contributed by atoms with van der Waals surface area (Å²) in [4.78, 5) is 16.4. The molecule has 5 nitrogen and oxygen atoms in total. The van der Waals surface area contributed by atoms with Crippen molar-refractivity contribution >= 4 is 39.9 Å². The smallest absolute Gasteiger partial charge is 0.264 e. The molecule has 0 unspecified atom stereocenters. The fourth-order valence-corrected chi connectivity index (χ4v) is 3.93. The number of piperidine rings is 1. The van der Waals surface area contributed by atoms with Gasteiger partial charge in [-0.1, -0.05) is 0 Å². The molecule has 1 aliphatic heterocycles. The lowest BCUT2D eigenvalue weighted by atomic mass is 9.97. The number of amides is 1. The molecule has 0 saturated carbocycles. The van der Waals surface area contributed by atoms with Crippen LogP contribution in [0, 0.1) is 12.8 Å². The second-order valence-electron chi connectivity index (χ2n) is 5.51. The Bertz CT molecular complexity index is 608. The van der Waals surface area contributed by atoms with Gasteiger partial charge in [-0.05, 0) is 38.3 Å². The lowest BCUT2D eigenvalue weighted by molar-refractivity contribution is 0.0698. The van der Waals surface area contributed by atoms with Gasteiger partial charge in [0.2, 0.25) is 0 Å². The van der Waals surface area contributed by atoms with Gasteiger partial charge in [-0.2, -0.15) is 5.10 Å². The van der Waals surface area contributed by atoms with E-state index in [0.717, 1.165) is 53.3 Å². The van der Waals surface area contributed by atoms with Crippen LogP contribution < -0.4 is 5.73 Å². The zero-order valence-corrected chi connectivity index (χ0v) is 14.0. The highest BCUT2D eigenvalue weighted by Gasteiger charge is 2.24. The van der Waals surface area contributed by atoms with Crippen LogP contribution in [0.5, 0.6) is 0 Å². The van der Waals surface area contributed by atoms with Gasteiger partial charge in [0.15, 0.2) is 0 Å². The first-order valence-corrected chi connectivity index (χ1v) is 7.84. The summed E-state index contributed by atoms with van der Waals surface area (Å²) in [5.41, 5.74) is 6.68. The van der Waals surface area contributed by atoms with Gasteiger partial charge in [-0.15, -0.1) is 23.7 Å². The van der Waals surface area contributed by atoms with E-state index in [-0.39, 0.29) is 18.3 Å². The Morgan fingerprint density at radius 3 is 2.71 bits per heavy atom. The van der Waals surface area contributed by atoms with Gasteiger partial charge in [-0.3, -0.25) is 9.48 Å². The number of aromatic nitrogens is 2. The van der Waals surface area contributed by atoms with Crippen LogP contribution in [0.4, 0.5) is 0 Å². The van der Waals surface area contributed by atoms with Crippen LogP contribution in [0.15, 0.2) is 6.07 Å². The van der Waals surface area contributed by atoms with Gasteiger partial charge in [0.25, 0.3) is 5.91 Å². The molecule has 1 aliphatic rings. The number of likely N-dealkylation sites (tertiary alicyclic amines) is 1. The van der Waals surface area contributed by atoms with Gasteiger partial charge < -0.3 is 10.6 Å². The highest BCUT2D eigenvalue weighted by atomic mass is 35.5. The van der Waals surface area contributed by atoms with Crippen LogP contribution in [0.25, 0.3) is 10.2 Å². The Labute approximate surface area is 134 Å². The minimum atomic E-state index is 0. The molecule has 3 rings (SSSR count). The average Bonchev–Trinajstić information content (AvgIpc) is 3.01. The number of fused-ring (bicyclic) bond motifs is 1. The van der Waals surface area contributed by atoms with Crippen molar-refractivity contribution in [3.05, 3.63) is 16.6 Å². The molecule has 2 aromatic rings. The van der Waals surface area contributed by atoms with Crippen LogP contribution in [-0.2, 0) is 7.05 Å². The van der Waals surface area contributed by atoms with Crippen molar-refractivity contribution in [3.63, 3.8) is 0 Å². The number of carbonyl (C=O) groups excluding carboxylic acids is 1. The predicted molar refractivity (Wildman–Crippen MR) is 88.3 cm³/mol. The van der Waals surface area contributed by atoms with Gasteiger partial charge in [0.1, 0.15) is 4.83 Å². The van der Waals surface area contributed by atoms with Crippen molar-refractivity contribution in [1.82, 2.24) is 14.7 Å². The van der Waals surface area contributed by atoms with Crippen LogP contribution in [0.1, 0.15) is 28.2 Å². The van der Waals surface area contributed by atoms with E-state index in [1.54, 1.807) is 0 Å². The monoisotopic (exact) mass is 328 g/mol. The number of rotatable bonds is 2. The predicted octanol–water partition coefficient (Wildman–Crippen LogP) is 2.18. The van der Waals surface area contributed by atoms with E-state index < -0.39 is 0 Å². The molecule has 0 atom stereocenters. The molecule has 21 heavy (non-hydrogen) atoms. The molecule has 7 heteroatoms. The summed E-state index contributed by atoms with van der Waals surface area (Å²) in [6.07, 6.45) is 2.04. The summed E-state index contributed by atoms with van der Waals surface area (Å²) in [7, 11) is 1.92. The maximum atomic E-state index is 12.6. The van der Waals surface area contributed by atoms with E-state index in [4.69, 9.17) is 5.73 Å². The number of aryl methyl sites for hydroxylation is 2. The van der Waals surface area contributed by atoms with Gasteiger partial charge in [0, 0.05) is 25.5 Å². The van der Waals surface area contributed by atoms with E-state index >= 15 is 0 Å². The topological polar surface area (TPSA) is 64.2 Å². The zero-order valence-electron chi connectivity index (χ0n) is 12.3. The maximum absolute atomic E-state index is 12.6. The Balaban J connectivity index is 0.00000161. The Morgan fingerprint density at radius 1 is 1.48 bits per heavy atom. The van der Waals surface area contributed by atoms with E-state index in [1.165, 1.54) is 11.3 Å². The molecule has 3 heterocycles. The van der Waals surface area contributed by atoms with Crippen molar-refractivity contribution in [2.24, 2.45) is 18.7 Å². The third-order valence-corrected chi connectivity index (χ3v) is 5.33. The molecule has 2 N–H and O–H groups in total. The normalized spacial score (nSPS) is 16.2. The molecule has 0 aliphatic carbocycles.